The lowest BCUT2D eigenvalue weighted by Crippen LogP contribution is -2.41. The molecule has 4 heteroatoms. The summed E-state index contributed by atoms with van der Waals surface area (Å²) in [6.45, 7) is 1.30. The average Bonchev–Trinajstić information content (AvgIpc) is 2.85. The fourth-order valence-corrected chi connectivity index (χ4v) is 3.43. The highest BCUT2D eigenvalue weighted by Crippen LogP contribution is 2.38. The summed E-state index contributed by atoms with van der Waals surface area (Å²) in [6.07, 6.45) is 2.72. The summed E-state index contributed by atoms with van der Waals surface area (Å²) < 4.78 is 12.5. The van der Waals surface area contributed by atoms with Crippen LogP contribution in [0.1, 0.15) is 24.8 Å². The van der Waals surface area contributed by atoms with E-state index in [9.17, 15) is 4.79 Å². The Bertz CT molecular complexity index is 480. The van der Waals surface area contributed by atoms with Crippen molar-refractivity contribution < 1.29 is 14.3 Å². The summed E-state index contributed by atoms with van der Waals surface area (Å²) in [6, 6.07) is 8.07. The number of rotatable bonds is 2. The Kier molecular flexibility index (Phi) is 3.74. The molecule has 3 nitrogen and oxygen atoms in total. The lowest BCUT2D eigenvalue weighted by Gasteiger charge is -2.35. The van der Waals surface area contributed by atoms with E-state index in [2.05, 4.69) is 22.0 Å². The molecule has 1 heterocycles. The van der Waals surface area contributed by atoms with Gasteiger partial charge in [0.2, 0.25) is 0 Å². The van der Waals surface area contributed by atoms with Gasteiger partial charge in [-0.1, -0.05) is 34.1 Å². The van der Waals surface area contributed by atoms with Gasteiger partial charge < -0.3 is 9.47 Å². The van der Waals surface area contributed by atoms with E-state index in [-0.39, 0.29) is 5.92 Å². The molecule has 0 N–H and O–H groups in total. The maximum Gasteiger partial charge on any atom is 0.169 e. The van der Waals surface area contributed by atoms with Gasteiger partial charge >= 0.3 is 0 Å². The van der Waals surface area contributed by atoms with E-state index in [4.69, 9.17) is 9.47 Å². The van der Waals surface area contributed by atoms with E-state index in [0.717, 1.165) is 10.9 Å². The molecule has 2 fully saturated rings. The third-order valence-electron chi connectivity index (χ3n) is 4.00. The summed E-state index contributed by atoms with van der Waals surface area (Å²) >= 11 is 3.54. The second-order valence-electron chi connectivity index (χ2n) is 5.27. The van der Waals surface area contributed by atoms with Crippen LogP contribution in [0, 0.1) is 5.92 Å². The molecule has 1 spiro atoms. The fraction of sp³-hybridized carbons (Fsp3) is 0.533. The third-order valence-corrected chi connectivity index (χ3v) is 4.78. The molecule has 0 amide bonds. The van der Waals surface area contributed by atoms with Gasteiger partial charge in [-0.2, -0.15) is 0 Å². The fourth-order valence-electron chi connectivity index (χ4n) is 2.98. The predicted octanol–water partition coefficient (Wildman–Crippen LogP) is 3.10. The van der Waals surface area contributed by atoms with Crippen molar-refractivity contribution in [2.24, 2.45) is 5.92 Å². The Morgan fingerprint density at radius 2 is 2.00 bits per heavy atom. The van der Waals surface area contributed by atoms with Gasteiger partial charge in [-0.25, -0.2) is 0 Å². The highest BCUT2D eigenvalue weighted by Gasteiger charge is 2.44. The maximum absolute atomic E-state index is 12.1. The van der Waals surface area contributed by atoms with Crippen molar-refractivity contribution >= 4 is 21.7 Å². The first kappa shape index (κ1) is 13.3. The Hall–Kier alpha value is -0.710. The van der Waals surface area contributed by atoms with E-state index >= 15 is 0 Å². The van der Waals surface area contributed by atoms with Crippen LogP contribution >= 0.6 is 15.9 Å². The Labute approximate surface area is 121 Å². The second-order valence-corrected chi connectivity index (χ2v) is 6.12. The van der Waals surface area contributed by atoms with Crippen LogP contribution in [0.4, 0.5) is 0 Å². The number of carbonyl (C=O) groups excluding carboxylic acids is 1. The molecule has 1 atom stereocenters. The van der Waals surface area contributed by atoms with Crippen molar-refractivity contribution in [2.45, 2.75) is 31.5 Å². The molecule has 3 rings (SSSR count). The van der Waals surface area contributed by atoms with Crippen molar-refractivity contribution in [3.05, 3.63) is 34.3 Å². The van der Waals surface area contributed by atoms with Gasteiger partial charge in [0, 0.05) is 29.7 Å². The summed E-state index contributed by atoms with van der Waals surface area (Å²) in [7, 11) is 0. The molecule has 1 aromatic carbocycles. The van der Waals surface area contributed by atoms with Gasteiger partial charge in [0.1, 0.15) is 5.78 Å². The zero-order valence-electron chi connectivity index (χ0n) is 10.7. The van der Waals surface area contributed by atoms with E-state index in [0.29, 0.717) is 38.3 Å². The molecule has 1 aliphatic carbocycles. The second kappa shape index (κ2) is 5.35. The van der Waals surface area contributed by atoms with E-state index < -0.39 is 5.79 Å². The number of ketones is 1. The molecule has 2 aliphatic rings. The quantitative estimate of drug-likeness (QED) is 0.838. The summed E-state index contributed by atoms with van der Waals surface area (Å²) in [5, 5.41) is 0. The van der Waals surface area contributed by atoms with Gasteiger partial charge in [-0.05, 0) is 18.1 Å². The van der Waals surface area contributed by atoms with Crippen molar-refractivity contribution in [3.63, 3.8) is 0 Å². The smallest absolute Gasteiger partial charge is 0.169 e. The Morgan fingerprint density at radius 1 is 1.26 bits per heavy atom. The summed E-state index contributed by atoms with van der Waals surface area (Å²) in [5.74, 6) is -0.147. The summed E-state index contributed by atoms with van der Waals surface area (Å²) in [4.78, 5) is 12.1. The van der Waals surface area contributed by atoms with Gasteiger partial charge in [0.05, 0.1) is 13.2 Å². The van der Waals surface area contributed by atoms with Crippen molar-refractivity contribution in [3.8, 4) is 0 Å². The van der Waals surface area contributed by atoms with Crippen LogP contribution in [-0.4, -0.2) is 24.8 Å². The number of hydrogen-bond donors (Lipinski definition) is 0. The largest absolute Gasteiger partial charge is 0.347 e. The molecule has 0 bridgehead atoms. The maximum atomic E-state index is 12.1. The van der Waals surface area contributed by atoms with Crippen LogP contribution in [-0.2, 0) is 20.7 Å². The van der Waals surface area contributed by atoms with Crippen LogP contribution in [0.2, 0.25) is 0 Å². The predicted molar refractivity (Wildman–Crippen MR) is 74.8 cm³/mol. The Balaban J connectivity index is 1.75. The molecule has 0 unspecified atom stereocenters. The zero-order chi connectivity index (χ0) is 13.3. The minimum atomic E-state index is -0.486. The van der Waals surface area contributed by atoms with Crippen LogP contribution in [0.15, 0.2) is 28.7 Å². The molecule has 1 aromatic rings. The number of hydrogen-bond acceptors (Lipinski definition) is 3. The minimum absolute atomic E-state index is 0.00514. The number of Topliss-reactive ketones (excluding diaryl/α,β-unsaturated/α-hetero) is 1. The molecule has 19 heavy (non-hydrogen) atoms. The highest BCUT2D eigenvalue weighted by atomic mass is 79.9. The minimum Gasteiger partial charge on any atom is -0.347 e. The normalized spacial score (nSPS) is 25.9. The number of halogens is 1. The molecular weight excluding hydrogens is 308 g/mol. The monoisotopic (exact) mass is 324 g/mol. The van der Waals surface area contributed by atoms with E-state index in [1.807, 2.05) is 18.2 Å². The number of benzene rings is 1. The average molecular weight is 325 g/mol. The molecule has 0 radical (unpaired) electrons. The zero-order valence-corrected chi connectivity index (χ0v) is 12.3. The van der Waals surface area contributed by atoms with E-state index in [1.165, 1.54) is 5.56 Å². The molecule has 1 saturated heterocycles. The van der Waals surface area contributed by atoms with Crippen molar-refractivity contribution in [1.82, 2.24) is 0 Å². The Morgan fingerprint density at radius 3 is 2.74 bits per heavy atom. The van der Waals surface area contributed by atoms with Gasteiger partial charge in [-0.3, -0.25) is 4.79 Å². The van der Waals surface area contributed by atoms with Crippen LogP contribution in [0.3, 0.4) is 0 Å². The molecular formula is C15H17BrO3. The lowest BCUT2D eigenvalue weighted by molar-refractivity contribution is -0.189. The number of carbonyl (C=O) groups is 1. The van der Waals surface area contributed by atoms with Gasteiger partial charge in [-0.15, -0.1) is 0 Å². The lowest BCUT2D eigenvalue weighted by atomic mass is 9.80. The highest BCUT2D eigenvalue weighted by molar-refractivity contribution is 9.10. The van der Waals surface area contributed by atoms with Crippen LogP contribution in [0.5, 0.6) is 0 Å². The molecule has 0 aromatic heterocycles. The van der Waals surface area contributed by atoms with Crippen LogP contribution in [0.25, 0.3) is 0 Å². The van der Waals surface area contributed by atoms with Crippen molar-refractivity contribution in [2.75, 3.05) is 13.2 Å². The molecule has 1 saturated carbocycles. The topological polar surface area (TPSA) is 35.5 Å². The number of ether oxygens (including phenoxy) is 2. The van der Waals surface area contributed by atoms with E-state index in [1.54, 1.807) is 0 Å². The summed E-state index contributed by atoms with van der Waals surface area (Å²) in [5.41, 5.74) is 1.18. The van der Waals surface area contributed by atoms with Gasteiger partial charge in [0.25, 0.3) is 0 Å². The third kappa shape index (κ3) is 2.76. The first-order valence-electron chi connectivity index (χ1n) is 6.73. The molecule has 102 valence electrons. The standard InChI is InChI=1S/C15H17BrO3/c16-13-4-2-1-3-11(13)9-12-10-15(6-5-14(12)17)18-7-8-19-15/h1-4,12H,5-10H2/t12-/m0/s1. The SMILES string of the molecule is O=C1CCC2(C[C@@H]1Cc1ccccc1Br)OCCO2. The van der Waals surface area contributed by atoms with Gasteiger partial charge in [0.15, 0.2) is 5.79 Å². The van der Waals surface area contributed by atoms with Crippen LogP contribution < -0.4 is 0 Å². The first-order valence-corrected chi connectivity index (χ1v) is 7.52. The first-order chi connectivity index (χ1) is 9.19. The van der Waals surface area contributed by atoms with Crippen molar-refractivity contribution in [1.29, 1.82) is 0 Å². The molecule has 1 aliphatic heterocycles.